The lowest BCUT2D eigenvalue weighted by molar-refractivity contribution is -0.388. The molecule has 0 spiro atoms. The predicted octanol–water partition coefficient (Wildman–Crippen LogP) is 5.36. The van der Waals surface area contributed by atoms with Crippen molar-refractivity contribution in [2.24, 2.45) is 5.92 Å². The van der Waals surface area contributed by atoms with Crippen LogP contribution in [0.2, 0.25) is 0 Å². The normalized spacial score (nSPS) is 24.4. The Morgan fingerprint density at radius 1 is 1.14 bits per heavy atom. The molecule has 1 saturated carbocycles. The van der Waals surface area contributed by atoms with Crippen LogP contribution in [0.4, 0.5) is 29.3 Å². The Balaban J connectivity index is 1.19. The number of hydrogen-bond donors (Lipinski definition) is 2. The number of carbonyl (C=O) groups is 1. The van der Waals surface area contributed by atoms with Crippen molar-refractivity contribution in [3.63, 3.8) is 0 Å². The summed E-state index contributed by atoms with van der Waals surface area (Å²) in [5, 5.41) is 17.1. The minimum absolute atomic E-state index is 0.0280. The number of nitro benzene ring substituents is 1. The Bertz CT molecular complexity index is 1050. The average molecular weight is 542 g/mol. The Morgan fingerprint density at radius 3 is 2.43 bits per heavy atom. The summed E-state index contributed by atoms with van der Waals surface area (Å²) in [5.41, 5.74) is -0.830. The molecule has 1 atom stereocenters. The Labute approximate surface area is 218 Å². The molecule has 2 fully saturated rings. The van der Waals surface area contributed by atoms with Gasteiger partial charge in [0.05, 0.1) is 10.3 Å². The standard InChI is InChI=1S/C25H31ClF3N5O3/c26-18-3-8-21(9-4-18)32-11-13-33(14-12-32)24(35)30-16-17-1-5-19(6-2-17)31-20-7-10-23(34(36)37)22(15-20)25(27,28)29/h3,7-10,15,17-19,31H,1-2,4-6,11-14,16H2,(H,30,35). The van der Waals surface area contributed by atoms with Gasteiger partial charge in [0.1, 0.15) is 5.56 Å². The first-order valence-electron chi connectivity index (χ1n) is 12.5. The number of piperazine rings is 1. The van der Waals surface area contributed by atoms with Crippen LogP contribution in [-0.4, -0.2) is 64.9 Å². The molecule has 0 radical (unpaired) electrons. The average Bonchev–Trinajstić information content (AvgIpc) is 2.88. The molecule has 4 rings (SSSR count). The maximum atomic E-state index is 13.2. The second-order valence-electron chi connectivity index (χ2n) is 9.75. The van der Waals surface area contributed by atoms with Crippen molar-refractivity contribution in [2.75, 3.05) is 38.0 Å². The molecule has 1 saturated heterocycles. The van der Waals surface area contributed by atoms with Crippen LogP contribution in [0.5, 0.6) is 0 Å². The van der Waals surface area contributed by atoms with Gasteiger partial charge >= 0.3 is 12.2 Å². The van der Waals surface area contributed by atoms with Crippen molar-refractivity contribution in [3.8, 4) is 0 Å². The monoisotopic (exact) mass is 541 g/mol. The highest BCUT2D eigenvalue weighted by Crippen LogP contribution is 2.38. The van der Waals surface area contributed by atoms with Crippen molar-refractivity contribution in [3.05, 3.63) is 57.8 Å². The van der Waals surface area contributed by atoms with Gasteiger partial charge in [0, 0.05) is 56.2 Å². The molecule has 37 heavy (non-hydrogen) atoms. The number of nitro groups is 1. The number of nitrogens with one attached hydrogen (secondary N) is 2. The van der Waals surface area contributed by atoms with Gasteiger partial charge in [-0.05, 0) is 56.2 Å². The molecule has 2 aliphatic carbocycles. The van der Waals surface area contributed by atoms with Crippen LogP contribution in [0.15, 0.2) is 42.1 Å². The lowest BCUT2D eigenvalue weighted by Gasteiger charge is -2.37. The van der Waals surface area contributed by atoms with Gasteiger partial charge in [0.25, 0.3) is 5.69 Å². The summed E-state index contributed by atoms with van der Waals surface area (Å²) < 4.78 is 39.7. The molecule has 1 aromatic carbocycles. The largest absolute Gasteiger partial charge is 0.423 e. The lowest BCUT2D eigenvalue weighted by Crippen LogP contribution is -2.52. The van der Waals surface area contributed by atoms with Gasteiger partial charge < -0.3 is 20.4 Å². The molecule has 8 nitrogen and oxygen atoms in total. The van der Waals surface area contributed by atoms with Gasteiger partial charge in [0.2, 0.25) is 0 Å². The second kappa shape index (κ2) is 11.6. The molecule has 0 aromatic heterocycles. The molecule has 1 aromatic rings. The summed E-state index contributed by atoms with van der Waals surface area (Å²) in [6.07, 6.45) is 5.31. The first-order valence-corrected chi connectivity index (χ1v) is 13.0. The molecule has 1 aliphatic heterocycles. The zero-order valence-electron chi connectivity index (χ0n) is 20.3. The van der Waals surface area contributed by atoms with Crippen LogP contribution in [0.1, 0.15) is 37.7 Å². The Hall–Kier alpha value is -2.95. The molecule has 202 valence electrons. The van der Waals surface area contributed by atoms with E-state index in [9.17, 15) is 28.1 Å². The fourth-order valence-electron chi connectivity index (χ4n) is 5.09. The second-order valence-corrected chi connectivity index (χ2v) is 10.3. The van der Waals surface area contributed by atoms with E-state index in [1.165, 1.54) is 6.07 Å². The van der Waals surface area contributed by atoms with Crippen molar-refractivity contribution in [1.82, 2.24) is 15.1 Å². The third-order valence-corrected chi connectivity index (χ3v) is 7.54. The van der Waals surface area contributed by atoms with E-state index in [4.69, 9.17) is 11.6 Å². The number of urea groups is 1. The highest BCUT2D eigenvalue weighted by Gasteiger charge is 2.38. The van der Waals surface area contributed by atoms with E-state index in [1.54, 1.807) is 0 Å². The van der Waals surface area contributed by atoms with Crippen LogP contribution >= 0.6 is 11.6 Å². The third kappa shape index (κ3) is 7.09. The SMILES string of the molecule is O=C(NCC1CCC(Nc2ccc([N+](=O)[O-])c(C(F)(F)F)c2)CC1)N1CCN(C2=CCC(Cl)C=C2)CC1. The zero-order chi connectivity index (χ0) is 26.6. The topological polar surface area (TPSA) is 90.7 Å². The van der Waals surface area contributed by atoms with Gasteiger partial charge in [-0.3, -0.25) is 10.1 Å². The predicted molar refractivity (Wildman–Crippen MR) is 135 cm³/mol. The van der Waals surface area contributed by atoms with Gasteiger partial charge in [-0.2, -0.15) is 13.2 Å². The summed E-state index contributed by atoms with van der Waals surface area (Å²) >= 11 is 6.09. The summed E-state index contributed by atoms with van der Waals surface area (Å²) in [7, 11) is 0. The Kier molecular flexibility index (Phi) is 8.51. The minimum Gasteiger partial charge on any atom is -0.382 e. The molecular formula is C25H31ClF3N5O3. The molecule has 1 heterocycles. The number of alkyl halides is 4. The number of carbonyl (C=O) groups excluding carboxylic acids is 1. The van der Waals surface area contributed by atoms with Crippen LogP contribution < -0.4 is 10.6 Å². The van der Waals surface area contributed by atoms with Gasteiger partial charge in [-0.25, -0.2) is 4.79 Å². The first kappa shape index (κ1) is 27.1. The number of nitrogens with zero attached hydrogens (tertiary/aromatic N) is 3. The summed E-state index contributed by atoms with van der Waals surface area (Å²) in [6.45, 7) is 3.39. The number of amides is 2. The van der Waals surface area contributed by atoms with E-state index in [2.05, 4.69) is 21.6 Å². The quantitative estimate of drug-likeness (QED) is 0.287. The van der Waals surface area contributed by atoms with E-state index in [1.807, 2.05) is 17.1 Å². The van der Waals surface area contributed by atoms with Crippen LogP contribution in [0.25, 0.3) is 0 Å². The summed E-state index contributed by atoms with van der Waals surface area (Å²) in [4.78, 5) is 26.7. The van der Waals surface area contributed by atoms with Crippen molar-refractivity contribution >= 4 is 29.0 Å². The number of hydrogen-bond acceptors (Lipinski definition) is 5. The van der Waals surface area contributed by atoms with Gasteiger partial charge in [-0.15, -0.1) is 11.6 Å². The molecule has 12 heteroatoms. The van der Waals surface area contributed by atoms with Crippen molar-refractivity contribution in [2.45, 2.75) is 49.7 Å². The van der Waals surface area contributed by atoms with E-state index in [0.717, 1.165) is 63.0 Å². The summed E-state index contributed by atoms with van der Waals surface area (Å²) in [6, 6.07) is 2.92. The lowest BCUT2D eigenvalue weighted by atomic mass is 9.86. The van der Waals surface area contributed by atoms with E-state index in [0.29, 0.717) is 25.6 Å². The molecule has 0 bridgehead atoms. The fourth-order valence-corrected chi connectivity index (χ4v) is 5.25. The molecule has 3 aliphatic rings. The number of halogens is 4. The Morgan fingerprint density at radius 2 is 1.84 bits per heavy atom. The van der Waals surface area contributed by atoms with E-state index >= 15 is 0 Å². The number of anilines is 1. The third-order valence-electron chi connectivity index (χ3n) is 7.22. The van der Waals surface area contributed by atoms with E-state index < -0.39 is 22.4 Å². The van der Waals surface area contributed by atoms with Gasteiger partial charge in [0.15, 0.2) is 0 Å². The maximum absolute atomic E-state index is 13.2. The smallest absolute Gasteiger partial charge is 0.382 e. The van der Waals surface area contributed by atoms with Gasteiger partial charge in [-0.1, -0.05) is 12.2 Å². The highest BCUT2D eigenvalue weighted by atomic mass is 35.5. The zero-order valence-corrected chi connectivity index (χ0v) is 21.1. The van der Waals surface area contributed by atoms with Crippen LogP contribution in [0.3, 0.4) is 0 Å². The number of allylic oxidation sites excluding steroid dienone is 3. The first-order chi connectivity index (χ1) is 17.6. The molecular weight excluding hydrogens is 511 g/mol. The molecule has 2 N–H and O–H groups in total. The summed E-state index contributed by atoms with van der Waals surface area (Å²) in [5.74, 6) is 0.298. The van der Waals surface area contributed by atoms with Crippen molar-refractivity contribution < 1.29 is 22.9 Å². The minimum atomic E-state index is -4.80. The van der Waals surface area contributed by atoms with E-state index in [-0.39, 0.29) is 23.1 Å². The fraction of sp³-hybridized carbons (Fsp3) is 0.560. The van der Waals surface area contributed by atoms with Crippen molar-refractivity contribution in [1.29, 1.82) is 0 Å². The maximum Gasteiger partial charge on any atom is 0.423 e. The number of rotatable bonds is 6. The molecule has 1 unspecified atom stereocenters. The van der Waals surface area contributed by atoms with Crippen LogP contribution in [-0.2, 0) is 6.18 Å². The highest BCUT2D eigenvalue weighted by molar-refractivity contribution is 6.22. The number of benzene rings is 1. The molecule has 2 amide bonds. The van der Waals surface area contributed by atoms with Crippen LogP contribution in [0, 0.1) is 16.0 Å².